The van der Waals surface area contributed by atoms with Gasteiger partial charge in [0.05, 0.1) is 0 Å². The highest BCUT2D eigenvalue weighted by atomic mass is 32.1. The van der Waals surface area contributed by atoms with Crippen molar-refractivity contribution in [2.75, 3.05) is 6.54 Å². The van der Waals surface area contributed by atoms with Gasteiger partial charge in [-0.3, -0.25) is 0 Å². The zero-order valence-electron chi connectivity index (χ0n) is 10.4. The molecule has 0 spiro atoms. The molecule has 1 nitrogen and oxygen atoms in total. The van der Waals surface area contributed by atoms with Crippen LogP contribution in [0.2, 0.25) is 0 Å². The van der Waals surface area contributed by atoms with Gasteiger partial charge in [-0.1, -0.05) is 6.92 Å². The van der Waals surface area contributed by atoms with E-state index in [2.05, 4.69) is 47.4 Å². The lowest BCUT2D eigenvalue weighted by molar-refractivity contribution is 0.531. The highest BCUT2D eigenvalue weighted by Gasteiger charge is 2.12. The van der Waals surface area contributed by atoms with Gasteiger partial charge in [0.2, 0.25) is 0 Å². The molecule has 1 N–H and O–H groups in total. The summed E-state index contributed by atoms with van der Waals surface area (Å²) >= 11 is 3.62. The lowest BCUT2D eigenvalue weighted by Crippen LogP contribution is -2.23. The molecule has 0 aromatic carbocycles. The summed E-state index contributed by atoms with van der Waals surface area (Å²) in [5.41, 5.74) is 2.87. The Morgan fingerprint density at radius 3 is 2.82 bits per heavy atom. The molecule has 92 valence electrons. The third-order valence-corrected chi connectivity index (χ3v) is 4.43. The Labute approximate surface area is 112 Å². The molecule has 0 radical (unpaired) electrons. The first-order chi connectivity index (χ1) is 8.29. The van der Waals surface area contributed by atoms with Crippen molar-refractivity contribution in [3.8, 4) is 0 Å². The lowest BCUT2D eigenvalue weighted by Gasteiger charge is -2.17. The van der Waals surface area contributed by atoms with Crippen molar-refractivity contribution in [3.63, 3.8) is 0 Å². The minimum Gasteiger partial charge on any atom is -0.310 e. The van der Waals surface area contributed by atoms with Crippen LogP contribution in [0.3, 0.4) is 0 Å². The van der Waals surface area contributed by atoms with Gasteiger partial charge in [-0.25, -0.2) is 0 Å². The largest absolute Gasteiger partial charge is 0.310 e. The Morgan fingerprint density at radius 2 is 2.24 bits per heavy atom. The first-order valence-corrected chi connectivity index (χ1v) is 7.91. The van der Waals surface area contributed by atoms with Crippen molar-refractivity contribution in [2.45, 2.75) is 32.7 Å². The van der Waals surface area contributed by atoms with Crippen molar-refractivity contribution >= 4 is 22.7 Å². The molecule has 2 rings (SSSR count). The Kier molecular flexibility index (Phi) is 4.77. The van der Waals surface area contributed by atoms with E-state index in [4.69, 9.17) is 0 Å². The van der Waals surface area contributed by atoms with Crippen LogP contribution in [-0.2, 0) is 6.42 Å². The molecule has 0 bridgehead atoms. The van der Waals surface area contributed by atoms with Crippen LogP contribution in [0, 0.1) is 6.92 Å². The van der Waals surface area contributed by atoms with Gasteiger partial charge in [-0.05, 0) is 65.7 Å². The summed E-state index contributed by atoms with van der Waals surface area (Å²) in [4.78, 5) is 1.40. The lowest BCUT2D eigenvalue weighted by atomic mass is 10.0. The maximum Gasteiger partial charge on any atom is 0.0369 e. The van der Waals surface area contributed by atoms with Crippen LogP contribution in [-0.4, -0.2) is 6.54 Å². The molecular formula is C14H19NS2. The van der Waals surface area contributed by atoms with Gasteiger partial charge in [0.1, 0.15) is 0 Å². The van der Waals surface area contributed by atoms with E-state index in [0.717, 1.165) is 13.0 Å². The van der Waals surface area contributed by atoms with Gasteiger partial charge in [0.15, 0.2) is 0 Å². The maximum absolute atomic E-state index is 3.65. The molecule has 1 atom stereocenters. The van der Waals surface area contributed by atoms with Gasteiger partial charge >= 0.3 is 0 Å². The second kappa shape index (κ2) is 6.34. The minimum absolute atomic E-state index is 0.467. The van der Waals surface area contributed by atoms with Crippen molar-refractivity contribution in [2.24, 2.45) is 0 Å². The molecule has 17 heavy (non-hydrogen) atoms. The molecule has 0 fully saturated rings. The molecule has 2 aromatic rings. The van der Waals surface area contributed by atoms with Gasteiger partial charge in [-0.2, -0.15) is 11.3 Å². The summed E-state index contributed by atoms with van der Waals surface area (Å²) in [5, 5.41) is 10.3. The number of rotatable bonds is 6. The molecule has 2 heterocycles. The fourth-order valence-corrected chi connectivity index (χ4v) is 3.36. The summed E-state index contributed by atoms with van der Waals surface area (Å²) in [6.07, 6.45) is 2.28. The van der Waals surface area contributed by atoms with E-state index in [1.54, 1.807) is 11.3 Å². The zero-order chi connectivity index (χ0) is 12.1. The average molecular weight is 265 g/mol. The third kappa shape index (κ3) is 3.66. The molecule has 0 aliphatic rings. The topological polar surface area (TPSA) is 12.0 Å². The van der Waals surface area contributed by atoms with Crippen LogP contribution in [0.15, 0.2) is 28.3 Å². The number of nitrogens with one attached hydrogen (secondary N) is 1. The molecule has 0 saturated heterocycles. The van der Waals surface area contributed by atoms with E-state index in [-0.39, 0.29) is 0 Å². The fraction of sp³-hybridized carbons (Fsp3) is 0.429. The number of hydrogen-bond donors (Lipinski definition) is 1. The third-order valence-electron chi connectivity index (χ3n) is 2.81. The average Bonchev–Trinajstić information content (AvgIpc) is 2.95. The van der Waals surface area contributed by atoms with Crippen LogP contribution in [0.1, 0.15) is 35.4 Å². The van der Waals surface area contributed by atoms with Crippen LogP contribution >= 0.6 is 22.7 Å². The standard InChI is InChI=1S/C14H19NS2/c1-3-5-15-14(8-12-4-6-16-9-12)13-7-11(2)17-10-13/h4,6-7,9-10,14-15H,3,5,8H2,1-2H3. The molecule has 0 saturated carbocycles. The predicted molar refractivity (Wildman–Crippen MR) is 78.1 cm³/mol. The summed E-state index contributed by atoms with van der Waals surface area (Å²) in [7, 11) is 0. The van der Waals surface area contributed by atoms with Crippen molar-refractivity contribution in [1.82, 2.24) is 5.32 Å². The number of hydrogen-bond acceptors (Lipinski definition) is 3. The van der Waals surface area contributed by atoms with Gasteiger partial charge < -0.3 is 5.32 Å². The molecule has 0 aliphatic carbocycles. The van der Waals surface area contributed by atoms with E-state index in [1.807, 2.05) is 11.3 Å². The van der Waals surface area contributed by atoms with Crippen LogP contribution < -0.4 is 5.32 Å². The van der Waals surface area contributed by atoms with Crippen molar-refractivity contribution < 1.29 is 0 Å². The first-order valence-electron chi connectivity index (χ1n) is 6.09. The van der Waals surface area contributed by atoms with E-state index in [1.165, 1.54) is 22.4 Å². The molecule has 2 aromatic heterocycles. The Morgan fingerprint density at radius 1 is 1.35 bits per heavy atom. The molecule has 0 amide bonds. The van der Waals surface area contributed by atoms with Crippen molar-refractivity contribution in [1.29, 1.82) is 0 Å². The van der Waals surface area contributed by atoms with Crippen LogP contribution in [0.5, 0.6) is 0 Å². The monoisotopic (exact) mass is 265 g/mol. The van der Waals surface area contributed by atoms with Crippen molar-refractivity contribution in [3.05, 3.63) is 44.3 Å². The highest BCUT2D eigenvalue weighted by molar-refractivity contribution is 7.10. The van der Waals surface area contributed by atoms with Crippen LogP contribution in [0.25, 0.3) is 0 Å². The fourth-order valence-electron chi connectivity index (χ4n) is 1.92. The van der Waals surface area contributed by atoms with E-state index < -0.39 is 0 Å². The Balaban J connectivity index is 2.07. The van der Waals surface area contributed by atoms with Gasteiger partial charge in [0.25, 0.3) is 0 Å². The summed E-state index contributed by atoms with van der Waals surface area (Å²) in [5.74, 6) is 0. The van der Waals surface area contributed by atoms with E-state index >= 15 is 0 Å². The first kappa shape index (κ1) is 12.8. The smallest absolute Gasteiger partial charge is 0.0369 e. The highest BCUT2D eigenvalue weighted by Crippen LogP contribution is 2.24. The van der Waals surface area contributed by atoms with E-state index in [9.17, 15) is 0 Å². The van der Waals surface area contributed by atoms with Gasteiger partial charge in [0, 0.05) is 10.9 Å². The normalized spacial score (nSPS) is 12.8. The predicted octanol–water partition coefficient (Wildman–Crippen LogP) is 4.40. The zero-order valence-corrected chi connectivity index (χ0v) is 12.0. The maximum atomic E-state index is 3.65. The second-order valence-corrected chi connectivity index (χ2v) is 6.23. The quantitative estimate of drug-likeness (QED) is 0.816. The van der Waals surface area contributed by atoms with E-state index in [0.29, 0.717) is 6.04 Å². The number of aryl methyl sites for hydroxylation is 1. The van der Waals surface area contributed by atoms with Gasteiger partial charge in [-0.15, -0.1) is 11.3 Å². The summed E-state index contributed by atoms with van der Waals surface area (Å²) in [6, 6.07) is 5.00. The molecule has 3 heteroatoms. The Bertz CT molecular complexity index is 431. The molecule has 0 aliphatic heterocycles. The molecule has 1 unspecified atom stereocenters. The SMILES string of the molecule is CCCNC(Cc1ccsc1)c1csc(C)c1. The molecular weight excluding hydrogens is 246 g/mol. The second-order valence-electron chi connectivity index (χ2n) is 4.33. The summed E-state index contributed by atoms with van der Waals surface area (Å²) < 4.78 is 0. The van der Waals surface area contributed by atoms with Crippen LogP contribution in [0.4, 0.5) is 0 Å². The number of thiophene rings is 2. The summed E-state index contributed by atoms with van der Waals surface area (Å²) in [6.45, 7) is 5.48. The minimum atomic E-state index is 0.467. The Hall–Kier alpha value is -0.640.